The summed E-state index contributed by atoms with van der Waals surface area (Å²) in [7, 11) is 0. The van der Waals surface area contributed by atoms with E-state index >= 15 is 0 Å². The molecule has 0 rings (SSSR count). The smallest absolute Gasteiger partial charge is 0.138 e. The van der Waals surface area contributed by atoms with E-state index in [-0.39, 0.29) is 11.7 Å². The molecule has 0 aliphatic heterocycles. The van der Waals surface area contributed by atoms with Crippen LogP contribution in [0.15, 0.2) is 0 Å². The van der Waals surface area contributed by atoms with Crippen LogP contribution in [0.5, 0.6) is 0 Å². The minimum Gasteiger partial charge on any atom is -0.393 e. The first kappa shape index (κ1) is 16.6. The third-order valence-corrected chi connectivity index (χ3v) is 3.26. The largest absolute Gasteiger partial charge is 0.393 e. The monoisotopic (exact) mass is 242 g/mol. The molecule has 0 saturated carbocycles. The molecule has 1 N–H and O–H groups in total. The molecule has 0 heterocycles. The van der Waals surface area contributed by atoms with Crippen LogP contribution in [0, 0.1) is 5.92 Å². The Bertz CT molecular complexity index is 187. The molecule has 0 aromatic heterocycles. The number of hydrogen-bond donors (Lipinski definition) is 1. The molecule has 0 spiro atoms. The zero-order valence-corrected chi connectivity index (χ0v) is 11.9. The number of Topliss-reactive ketones (excluding diaryl/α,β-unsaturated/α-hetero) is 1. The van der Waals surface area contributed by atoms with Gasteiger partial charge in [-0.25, -0.2) is 0 Å². The van der Waals surface area contributed by atoms with Crippen LogP contribution in [-0.2, 0) is 4.79 Å². The quantitative estimate of drug-likeness (QED) is 0.554. The highest BCUT2D eigenvalue weighted by Crippen LogP contribution is 2.20. The van der Waals surface area contributed by atoms with Gasteiger partial charge in [0.05, 0.1) is 6.10 Å². The lowest BCUT2D eigenvalue weighted by Gasteiger charge is -2.16. The Morgan fingerprint density at radius 1 is 1.00 bits per heavy atom. The summed E-state index contributed by atoms with van der Waals surface area (Å²) < 4.78 is 0. The van der Waals surface area contributed by atoms with Crippen LogP contribution in [0.2, 0.25) is 0 Å². The van der Waals surface area contributed by atoms with Gasteiger partial charge in [-0.3, -0.25) is 4.79 Å². The Morgan fingerprint density at radius 3 is 2.12 bits per heavy atom. The maximum absolute atomic E-state index is 12.0. The molecular formula is C15H30O2. The Kier molecular flexibility index (Phi) is 10.5. The van der Waals surface area contributed by atoms with Gasteiger partial charge < -0.3 is 5.11 Å². The van der Waals surface area contributed by atoms with Gasteiger partial charge in [0.1, 0.15) is 5.78 Å². The van der Waals surface area contributed by atoms with Gasteiger partial charge in [0.15, 0.2) is 0 Å². The zero-order valence-electron chi connectivity index (χ0n) is 11.9. The molecule has 102 valence electrons. The molecule has 2 atom stereocenters. The predicted molar refractivity (Wildman–Crippen MR) is 73.1 cm³/mol. The molecule has 0 aromatic carbocycles. The lowest BCUT2D eigenvalue weighted by Crippen LogP contribution is -2.19. The maximum Gasteiger partial charge on any atom is 0.138 e. The van der Waals surface area contributed by atoms with Gasteiger partial charge in [-0.2, -0.15) is 0 Å². The van der Waals surface area contributed by atoms with Crippen LogP contribution in [0.4, 0.5) is 0 Å². The minimum absolute atomic E-state index is 0.196. The van der Waals surface area contributed by atoms with Crippen molar-refractivity contribution in [2.45, 2.75) is 84.7 Å². The van der Waals surface area contributed by atoms with Crippen molar-refractivity contribution in [3.8, 4) is 0 Å². The van der Waals surface area contributed by atoms with Crippen molar-refractivity contribution in [2.75, 3.05) is 0 Å². The second-order valence-corrected chi connectivity index (χ2v) is 5.21. The first-order valence-corrected chi connectivity index (χ1v) is 7.32. The third-order valence-electron chi connectivity index (χ3n) is 3.26. The van der Waals surface area contributed by atoms with E-state index in [1.54, 1.807) is 6.92 Å². The fraction of sp³-hybridized carbons (Fsp3) is 0.933. The van der Waals surface area contributed by atoms with Crippen LogP contribution in [-0.4, -0.2) is 17.0 Å². The molecule has 2 nitrogen and oxygen atoms in total. The zero-order chi connectivity index (χ0) is 13.1. The molecule has 17 heavy (non-hydrogen) atoms. The van der Waals surface area contributed by atoms with E-state index in [9.17, 15) is 9.90 Å². The fourth-order valence-electron chi connectivity index (χ4n) is 2.19. The van der Waals surface area contributed by atoms with E-state index < -0.39 is 6.10 Å². The number of aliphatic hydroxyl groups excluding tert-OH is 1. The molecule has 0 aliphatic carbocycles. The summed E-state index contributed by atoms with van der Waals surface area (Å²) in [5, 5.41) is 9.29. The van der Waals surface area contributed by atoms with Gasteiger partial charge in [0, 0.05) is 12.3 Å². The minimum atomic E-state index is -0.484. The summed E-state index contributed by atoms with van der Waals surface area (Å²) in [6.45, 7) is 6.06. The molecule has 0 bridgehead atoms. The number of ketones is 1. The molecular weight excluding hydrogens is 212 g/mol. The summed E-state index contributed by atoms with van der Waals surface area (Å²) in [6, 6.07) is 0. The average Bonchev–Trinajstić information content (AvgIpc) is 2.27. The molecule has 0 radical (unpaired) electrons. The normalized spacial score (nSPS) is 14.6. The summed E-state index contributed by atoms with van der Waals surface area (Å²) in [5.74, 6) is 0.464. The maximum atomic E-state index is 12.0. The van der Waals surface area contributed by atoms with Crippen molar-refractivity contribution < 1.29 is 9.90 Å². The standard InChI is InChI=1S/C15H30O2/c1-4-6-8-9-11-14(10-7-5-2)15(17)12-13(3)16/h13-14,16H,4-12H2,1-3H3/t13-,14?/m0/s1. The topological polar surface area (TPSA) is 37.3 Å². The van der Waals surface area contributed by atoms with Crippen LogP contribution >= 0.6 is 0 Å². The molecule has 0 saturated heterocycles. The number of rotatable bonds is 11. The Balaban J connectivity index is 3.98. The Hall–Kier alpha value is -0.370. The molecule has 0 amide bonds. The van der Waals surface area contributed by atoms with Crippen molar-refractivity contribution in [3.05, 3.63) is 0 Å². The third kappa shape index (κ3) is 9.34. The van der Waals surface area contributed by atoms with Crippen LogP contribution in [0.3, 0.4) is 0 Å². The van der Waals surface area contributed by atoms with Crippen molar-refractivity contribution in [3.63, 3.8) is 0 Å². The summed E-state index contributed by atoms with van der Waals surface area (Å²) in [6.07, 6.45) is 9.06. The van der Waals surface area contributed by atoms with E-state index in [2.05, 4.69) is 13.8 Å². The molecule has 2 heteroatoms. The van der Waals surface area contributed by atoms with Crippen molar-refractivity contribution >= 4 is 5.78 Å². The van der Waals surface area contributed by atoms with Gasteiger partial charge in [0.2, 0.25) is 0 Å². The summed E-state index contributed by atoms with van der Waals surface area (Å²) in [5.41, 5.74) is 0. The number of aliphatic hydroxyl groups is 1. The lowest BCUT2D eigenvalue weighted by atomic mass is 9.89. The van der Waals surface area contributed by atoms with Gasteiger partial charge >= 0.3 is 0 Å². The van der Waals surface area contributed by atoms with E-state index in [1.807, 2.05) is 0 Å². The molecule has 0 fully saturated rings. The lowest BCUT2D eigenvalue weighted by molar-refractivity contribution is -0.125. The van der Waals surface area contributed by atoms with Crippen LogP contribution < -0.4 is 0 Å². The second-order valence-electron chi connectivity index (χ2n) is 5.21. The van der Waals surface area contributed by atoms with E-state index in [1.165, 1.54) is 19.3 Å². The van der Waals surface area contributed by atoms with E-state index in [4.69, 9.17) is 0 Å². The second kappa shape index (κ2) is 10.8. The van der Waals surface area contributed by atoms with E-state index in [0.717, 1.165) is 32.1 Å². The van der Waals surface area contributed by atoms with Crippen molar-refractivity contribution in [1.29, 1.82) is 0 Å². The number of carbonyl (C=O) groups excluding carboxylic acids is 1. The van der Waals surface area contributed by atoms with Crippen molar-refractivity contribution in [2.24, 2.45) is 5.92 Å². The number of hydrogen-bond acceptors (Lipinski definition) is 2. The molecule has 0 aromatic rings. The highest BCUT2D eigenvalue weighted by molar-refractivity contribution is 5.81. The number of unbranched alkanes of at least 4 members (excludes halogenated alkanes) is 4. The molecule has 0 aliphatic rings. The predicted octanol–water partition coefficient (Wildman–Crippen LogP) is 4.10. The van der Waals surface area contributed by atoms with Gasteiger partial charge in [-0.1, -0.05) is 52.4 Å². The first-order chi connectivity index (χ1) is 8.11. The summed E-state index contributed by atoms with van der Waals surface area (Å²) >= 11 is 0. The average molecular weight is 242 g/mol. The summed E-state index contributed by atoms with van der Waals surface area (Å²) in [4.78, 5) is 12.0. The Labute approximate surface area is 107 Å². The van der Waals surface area contributed by atoms with Gasteiger partial charge in [0.25, 0.3) is 0 Å². The van der Waals surface area contributed by atoms with Gasteiger partial charge in [-0.15, -0.1) is 0 Å². The highest BCUT2D eigenvalue weighted by Gasteiger charge is 2.18. The number of carbonyl (C=O) groups is 1. The molecule has 1 unspecified atom stereocenters. The van der Waals surface area contributed by atoms with Crippen LogP contribution in [0.1, 0.15) is 78.6 Å². The van der Waals surface area contributed by atoms with E-state index in [0.29, 0.717) is 6.42 Å². The first-order valence-electron chi connectivity index (χ1n) is 7.32. The fourth-order valence-corrected chi connectivity index (χ4v) is 2.19. The SMILES string of the molecule is CCCCCCC(CCCC)C(=O)C[C@H](C)O. The van der Waals surface area contributed by atoms with Gasteiger partial charge in [-0.05, 0) is 19.8 Å². The highest BCUT2D eigenvalue weighted by atomic mass is 16.3. The van der Waals surface area contributed by atoms with Crippen molar-refractivity contribution in [1.82, 2.24) is 0 Å². The Morgan fingerprint density at radius 2 is 1.59 bits per heavy atom. The van der Waals surface area contributed by atoms with Crippen LogP contribution in [0.25, 0.3) is 0 Å².